The van der Waals surface area contributed by atoms with Gasteiger partial charge in [-0.2, -0.15) is 0 Å². The summed E-state index contributed by atoms with van der Waals surface area (Å²) in [6.07, 6.45) is 2.93. The molecular formula is C19H22N2O2. The van der Waals surface area contributed by atoms with Crippen LogP contribution in [0.5, 0.6) is 5.75 Å². The summed E-state index contributed by atoms with van der Waals surface area (Å²) >= 11 is 0. The molecule has 0 aliphatic carbocycles. The first-order valence-corrected chi connectivity index (χ1v) is 8.08. The molecule has 0 radical (unpaired) electrons. The second-order valence-electron chi connectivity index (χ2n) is 5.85. The number of ether oxygens (including phenoxy) is 1. The number of para-hydroxylation sites is 2. The van der Waals surface area contributed by atoms with E-state index >= 15 is 0 Å². The third kappa shape index (κ3) is 3.83. The number of rotatable bonds is 4. The molecule has 1 aliphatic heterocycles. The summed E-state index contributed by atoms with van der Waals surface area (Å²) in [6, 6.07) is 15.6. The average Bonchev–Trinajstić information content (AvgIpc) is 2.77. The van der Waals surface area contributed by atoms with Crippen LogP contribution in [0.2, 0.25) is 0 Å². The van der Waals surface area contributed by atoms with Crippen LogP contribution in [0.1, 0.15) is 36.4 Å². The molecule has 0 fully saturated rings. The van der Waals surface area contributed by atoms with Crippen molar-refractivity contribution >= 4 is 11.6 Å². The van der Waals surface area contributed by atoms with E-state index in [4.69, 9.17) is 10.5 Å². The number of aryl methyl sites for hydroxylation is 1. The second kappa shape index (κ2) is 7.18. The summed E-state index contributed by atoms with van der Waals surface area (Å²) in [5.41, 5.74) is 8.76. The van der Waals surface area contributed by atoms with E-state index in [0.717, 1.165) is 35.4 Å². The summed E-state index contributed by atoms with van der Waals surface area (Å²) < 4.78 is 5.74. The molecule has 120 valence electrons. The maximum absolute atomic E-state index is 12.3. The van der Waals surface area contributed by atoms with Gasteiger partial charge in [-0.15, -0.1) is 0 Å². The van der Waals surface area contributed by atoms with Crippen LogP contribution in [0.15, 0.2) is 48.5 Å². The summed E-state index contributed by atoms with van der Waals surface area (Å²) in [7, 11) is 0. The minimum Gasteiger partial charge on any atom is -0.493 e. The van der Waals surface area contributed by atoms with Crippen LogP contribution in [0, 0.1) is 0 Å². The van der Waals surface area contributed by atoms with Crippen LogP contribution in [0.3, 0.4) is 0 Å². The van der Waals surface area contributed by atoms with E-state index in [1.807, 2.05) is 48.5 Å². The number of benzene rings is 2. The molecule has 1 atom stereocenters. The van der Waals surface area contributed by atoms with Gasteiger partial charge in [-0.05, 0) is 37.0 Å². The van der Waals surface area contributed by atoms with Crippen LogP contribution in [-0.2, 0) is 11.2 Å². The SMILES string of the molecule is Nc1ccccc1CCC(=O)NC1CCCOc2ccccc21. The second-order valence-corrected chi connectivity index (χ2v) is 5.85. The van der Waals surface area contributed by atoms with Crippen LogP contribution in [-0.4, -0.2) is 12.5 Å². The quantitative estimate of drug-likeness (QED) is 0.852. The first kappa shape index (κ1) is 15.4. The predicted molar refractivity (Wildman–Crippen MR) is 91.2 cm³/mol. The minimum absolute atomic E-state index is 0.0225. The Labute approximate surface area is 136 Å². The van der Waals surface area contributed by atoms with Crippen molar-refractivity contribution in [2.45, 2.75) is 31.7 Å². The van der Waals surface area contributed by atoms with Crippen LogP contribution < -0.4 is 15.8 Å². The summed E-state index contributed by atoms with van der Waals surface area (Å²) in [5, 5.41) is 3.15. The predicted octanol–water partition coefficient (Wildman–Crippen LogP) is 3.23. The molecule has 0 saturated carbocycles. The van der Waals surface area contributed by atoms with Crippen molar-refractivity contribution in [3.8, 4) is 5.75 Å². The standard InChI is InChI=1S/C19H22N2O2/c20-16-8-3-1-6-14(16)11-12-19(22)21-17-9-5-13-23-18-10-4-2-7-15(17)18/h1-4,6-8,10,17H,5,9,11-13,20H2,(H,21,22). The Kier molecular flexibility index (Phi) is 4.81. The lowest BCUT2D eigenvalue weighted by molar-refractivity contribution is -0.121. The highest BCUT2D eigenvalue weighted by molar-refractivity contribution is 5.77. The average molecular weight is 310 g/mol. The lowest BCUT2D eigenvalue weighted by atomic mass is 10.0. The molecule has 3 rings (SSSR count). The molecule has 1 unspecified atom stereocenters. The van der Waals surface area contributed by atoms with Gasteiger partial charge in [0, 0.05) is 17.7 Å². The van der Waals surface area contributed by atoms with Crippen LogP contribution >= 0.6 is 0 Å². The molecule has 4 heteroatoms. The molecular weight excluding hydrogens is 288 g/mol. The summed E-state index contributed by atoms with van der Waals surface area (Å²) in [5.74, 6) is 0.928. The van der Waals surface area contributed by atoms with Crippen molar-refractivity contribution in [1.29, 1.82) is 0 Å². The van der Waals surface area contributed by atoms with E-state index in [9.17, 15) is 4.79 Å². The first-order chi connectivity index (χ1) is 11.2. The molecule has 3 N–H and O–H groups in total. The molecule has 1 aliphatic rings. The smallest absolute Gasteiger partial charge is 0.220 e. The highest BCUT2D eigenvalue weighted by Crippen LogP contribution is 2.31. The molecule has 2 aromatic rings. The highest BCUT2D eigenvalue weighted by Gasteiger charge is 2.20. The maximum atomic E-state index is 12.3. The third-order valence-corrected chi connectivity index (χ3v) is 4.20. The molecule has 23 heavy (non-hydrogen) atoms. The molecule has 4 nitrogen and oxygen atoms in total. The monoisotopic (exact) mass is 310 g/mol. The number of fused-ring (bicyclic) bond motifs is 1. The number of hydrogen-bond donors (Lipinski definition) is 2. The van der Waals surface area contributed by atoms with Crippen molar-refractivity contribution < 1.29 is 9.53 Å². The molecule has 1 heterocycles. The fourth-order valence-electron chi connectivity index (χ4n) is 2.95. The van der Waals surface area contributed by atoms with Crippen molar-refractivity contribution in [1.82, 2.24) is 5.32 Å². The van der Waals surface area contributed by atoms with Gasteiger partial charge >= 0.3 is 0 Å². The van der Waals surface area contributed by atoms with Gasteiger partial charge in [0.25, 0.3) is 0 Å². The molecule has 0 spiro atoms. The molecule has 0 saturated heterocycles. The number of carbonyl (C=O) groups is 1. The Morgan fingerprint density at radius 1 is 1.17 bits per heavy atom. The van der Waals surface area contributed by atoms with E-state index in [1.54, 1.807) is 0 Å². The third-order valence-electron chi connectivity index (χ3n) is 4.20. The van der Waals surface area contributed by atoms with Gasteiger partial charge in [-0.25, -0.2) is 0 Å². The normalized spacial score (nSPS) is 16.8. The van der Waals surface area contributed by atoms with Crippen LogP contribution in [0.4, 0.5) is 5.69 Å². The minimum atomic E-state index is 0.0225. The molecule has 1 amide bonds. The number of carbonyl (C=O) groups excluding carboxylic acids is 1. The Bertz CT molecular complexity index is 685. The highest BCUT2D eigenvalue weighted by atomic mass is 16.5. The Hall–Kier alpha value is -2.49. The van der Waals surface area contributed by atoms with Gasteiger partial charge in [-0.3, -0.25) is 4.79 Å². The number of nitrogens with one attached hydrogen (secondary N) is 1. The zero-order valence-corrected chi connectivity index (χ0v) is 13.1. The van der Waals surface area contributed by atoms with Gasteiger partial charge < -0.3 is 15.8 Å². The fourth-order valence-corrected chi connectivity index (χ4v) is 2.95. The zero-order chi connectivity index (χ0) is 16.1. The van der Waals surface area contributed by atoms with E-state index < -0.39 is 0 Å². The number of nitrogens with two attached hydrogens (primary N) is 1. The van der Waals surface area contributed by atoms with Crippen molar-refractivity contribution in [2.24, 2.45) is 0 Å². The lowest BCUT2D eigenvalue weighted by Crippen LogP contribution is -2.28. The summed E-state index contributed by atoms with van der Waals surface area (Å²) in [6.45, 7) is 0.698. The number of hydrogen-bond acceptors (Lipinski definition) is 3. The fraction of sp³-hybridized carbons (Fsp3) is 0.316. The maximum Gasteiger partial charge on any atom is 0.220 e. The van der Waals surface area contributed by atoms with Crippen molar-refractivity contribution in [3.05, 3.63) is 59.7 Å². The number of nitrogen functional groups attached to an aromatic ring is 1. The molecule has 0 aromatic heterocycles. The lowest BCUT2D eigenvalue weighted by Gasteiger charge is -2.18. The van der Waals surface area contributed by atoms with Gasteiger partial charge in [0.2, 0.25) is 5.91 Å². The van der Waals surface area contributed by atoms with Gasteiger partial charge in [-0.1, -0.05) is 36.4 Å². The Morgan fingerprint density at radius 2 is 1.96 bits per heavy atom. The van der Waals surface area contributed by atoms with Crippen molar-refractivity contribution in [3.63, 3.8) is 0 Å². The largest absolute Gasteiger partial charge is 0.493 e. The van der Waals surface area contributed by atoms with Crippen molar-refractivity contribution in [2.75, 3.05) is 12.3 Å². The molecule has 0 bridgehead atoms. The Morgan fingerprint density at radius 3 is 2.83 bits per heavy atom. The van der Waals surface area contributed by atoms with Gasteiger partial charge in [0.15, 0.2) is 0 Å². The van der Waals surface area contributed by atoms with E-state index in [0.29, 0.717) is 19.4 Å². The Balaban J connectivity index is 1.63. The zero-order valence-electron chi connectivity index (χ0n) is 13.1. The van der Waals surface area contributed by atoms with Gasteiger partial charge in [0.05, 0.1) is 12.6 Å². The van der Waals surface area contributed by atoms with Crippen LogP contribution in [0.25, 0.3) is 0 Å². The first-order valence-electron chi connectivity index (χ1n) is 8.08. The van der Waals surface area contributed by atoms with E-state index in [2.05, 4.69) is 5.32 Å². The van der Waals surface area contributed by atoms with Gasteiger partial charge in [0.1, 0.15) is 5.75 Å². The summed E-state index contributed by atoms with van der Waals surface area (Å²) in [4.78, 5) is 12.3. The number of anilines is 1. The van der Waals surface area contributed by atoms with E-state index in [-0.39, 0.29) is 11.9 Å². The number of amides is 1. The molecule has 2 aromatic carbocycles. The topological polar surface area (TPSA) is 64.4 Å². The van der Waals surface area contributed by atoms with E-state index in [1.165, 1.54) is 0 Å².